The maximum absolute atomic E-state index is 5.29. The van der Waals surface area contributed by atoms with E-state index in [4.69, 9.17) is 19.9 Å². The molecule has 0 fully saturated rings. The molecule has 6 nitrogen and oxygen atoms in total. The van der Waals surface area contributed by atoms with E-state index in [9.17, 15) is 0 Å². The van der Waals surface area contributed by atoms with Crippen molar-refractivity contribution in [3.63, 3.8) is 0 Å². The lowest BCUT2D eigenvalue weighted by Gasteiger charge is -2.13. The van der Waals surface area contributed by atoms with E-state index in [1.165, 1.54) is 27.3 Å². The van der Waals surface area contributed by atoms with Crippen molar-refractivity contribution in [1.29, 1.82) is 0 Å². The fourth-order valence-electron chi connectivity index (χ4n) is 9.36. The predicted molar refractivity (Wildman–Crippen MR) is 261 cm³/mol. The molecule has 0 saturated carbocycles. The number of para-hydroxylation sites is 2. The summed E-state index contributed by atoms with van der Waals surface area (Å²) in [4.78, 5) is 20.9. The molecule has 4 heterocycles. The highest BCUT2D eigenvalue weighted by atomic mass is 32.1. The third-order valence-electron chi connectivity index (χ3n) is 12.2. The highest BCUT2D eigenvalue weighted by Gasteiger charge is 2.24. The molecule has 0 aliphatic carbocycles. The minimum absolute atomic E-state index is 0.559. The van der Waals surface area contributed by atoms with E-state index in [2.05, 4.69) is 179 Å². The van der Waals surface area contributed by atoms with Crippen LogP contribution in [0.15, 0.2) is 206 Å². The summed E-state index contributed by atoms with van der Waals surface area (Å²) >= 11 is 1.74. The molecule has 7 heteroatoms. The lowest BCUT2D eigenvalue weighted by molar-refractivity contribution is 0.953. The zero-order valence-corrected chi connectivity index (χ0v) is 34.5. The van der Waals surface area contributed by atoms with Gasteiger partial charge in [0.1, 0.15) is 5.01 Å². The summed E-state index contributed by atoms with van der Waals surface area (Å²) in [6.45, 7) is 0. The smallest absolute Gasteiger partial charge is 0.238 e. The third-order valence-corrected chi connectivity index (χ3v) is 13.4. The number of fused-ring (bicyclic) bond motifs is 9. The molecule has 0 saturated heterocycles. The number of hydrogen-bond donors (Lipinski definition) is 0. The van der Waals surface area contributed by atoms with E-state index >= 15 is 0 Å². The van der Waals surface area contributed by atoms with Crippen LogP contribution in [0.1, 0.15) is 0 Å². The van der Waals surface area contributed by atoms with Gasteiger partial charge in [-0.3, -0.25) is 4.57 Å². The number of aromatic nitrogens is 6. The topological polar surface area (TPSA) is 61.4 Å². The first-order valence-corrected chi connectivity index (χ1v) is 21.9. The van der Waals surface area contributed by atoms with Crippen molar-refractivity contribution in [2.45, 2.75) is 0 Å². The normalized spacial score (nSPS) is 11.8. The first kappa shape index (κ1) is 35.5. The van der Waals surface area contributed by atoms with E-state index in [1.54, 1.807) is 11.3 Å². The van der Waals surface area contributed by atoms with Crippen LogP contribution in [-0.2, 0) is 0 Å². The Balaban J connectivity index is 1.06. The third kappa shape index (κ3) is 5.64. The van der Waals surface area contributed by atoms with Gasteiger partial charge in [-0.25, -0.2) is 9.97 Å². The number of benzene rings is 9. The highest BCUT2D eigenvalue weighted by molar-refractivity contribution is 7.22. The van der Waals surface area contributed by atoms with Gasteiger partial charge in [-0.2, -0.15) is 9.97 Å². The van der Waals surface area contributed by atoms with E-state index < -0.39 is 0 Å². The molecule has 63 heavy (non-hydrogen) atoms. The minimum Gasteiger partial charge on any atom is -0.306 e. The summed E-state index contributed by atoms with van der Waals surface area (Å²) < 4.78 is 5.80. The number of nitrogens with zero attached hydrogens (tertiary/aromatic N) is 6. The number of rotatable bonds is 6. The summed E-state index contributed by atoms with van der Waals surface area (Å²) in [7, 11) is 0. The average molecular weight is 823 g/mol. The summed E-state index contributed by atoms with van der Waals surface area (Å²) in [5.74, 6) is 1.79. The van der Waals surface area contributed by atoms with E-state index in [0.717, 1.165) is 75.8 Å². The maximum atomic E-state index is 5.29. The van der Waals surface area contributed by atoms with Crippen molar-refractivity contribution in [3.8, 4) is 56.1 Å². The van der Waals surface area contributed by atoms with E-state index in [1.807, 2.05) is 36.4 Å². The Labute approximate surface area is 365 Å². The fourth-order valence-corrected chi connectivity index (χ4v) is 10.4. The summed E-state index contributed by atoms with van der Waals surface area (Å²) in [6, 6.07) is 72.6. The standard InChI is InChI=1S/C56H34N6S/c1-3-16-37(17-4-1)53-58-54(38-18-5-2-6-19-38)60-56(59-53)62-48-27-12-10-23-43(48)45-34-33-44-42-22-9-11-26-47(42)61(50(44)51(45)62)49-28-14-25-46-52(49)63-55(57-46)39-31-29-36(30-32-39)41-24-13-20-35-15-7-8-21-40(35)41/h1-34H. The number of thiazole rings is 1. The number of hydrogen-bond acceptors (Lipinski definition) is 5. The van der Waals surface area contributed by atoms with Crippen LogP contribution in [0.25, 0.3) is 121 Å². The maximum Gasteiger partial charge on any atom is 0.238 e. The van der Waals surface area contributed by atoms with Gasteiger partial charge < -0.3 is 4.57 Å². The molecule has 4 aromatic heterocycles. The van der Waals surface area contributed by atoms with E-state index in [-0.39, 0.29) is 0 Å². The molecular formula is C56H34N6S. The minimum atomic E-state index is 0.559. The Morgan fingerprint density at radius 1 is 0.349 bits per heavy atom. The second-order valence-corrected chi connectivity index (χ2v) is 16.8. The summed E-state index contributed by atoms with van der Waals surface area (Å²) in [5.41, 5.74) is 11.6. The molecule has 0 N–H and O–H groups in total. The molecule has 0 unspecified atom stereocenters. The van der Waals surface area contributed by atoms with Gasteiger partial charge in [-0.15, -0.1) is 11.3 Å². The Bertz CT molecular complexity index is 3840. The van der Waals surface area contributed by atoms with Crippen molar-refractivity contribution in [3.05, 3.63) is 206 Å². The fraction of sp³-hybridized carbons (Fsp3) is 0. The predicted octanol–water partition coefficient (Wildman–Crippen LogP) is 14.5. The molecule has 0 spiro atoms. The van der Waals surface area contributed by atoms with Crippen molar-refractivity contribution >= 4 is 75.9 Å². The molecular weight excluding hydrogens is 789 g/mol. The van der Waals surface area contributed by atoms with Crippen molar-refractivity contribution < 1.29 is 0 Å². The van der Waals surface area contributed by atoms with Gasteiger partial charge in [0.25, 0.3) is 0 Å². The second kappa shape index (κ2) is 14.2. The quantitative estimate of drug-likeness (QED) is 0.168. The average Bonchev–Trinajstić information content (AvgIpc) is 4.05. The molecule has 0 radical (unpaired) electrons. The second-order valence-electron chi connectivity index (χ2n) is 15.8. The first-order chi connectivity index (χ1) is 31.2. The lowest BCUT2D eigenvalue weighted by atomic mass is 9.98. The van der Waals surface area contributed by atoms with Crippen LogP contribution in [0, 0.1) is 0 Å². The monoisotopic (exact) mass is 822 g/mol. The van der Waals surface area contributed by atoms with Crippen LogP contribution in [0.5, 0.6) is 0 Å². The Morgan fingerprint density at radius 3 is 1.57 bits per heavy atom. The van der Waals surface area contributed by atoms with Crippen molar-refractivity contribution in [2.75, 3.05) is 0 Å². The zero-order valence-electron chi connectivity index (χ0n) is 33.7. The van der Waals surface area contributed by atoms with Crippen LogP contribution in [-0.4, -0.2) is 29.1 Å². The van der Waals surface area contributed by atoms with Crippen molar-refractivity contribution in [2.24, 2.45) is 0 Å². The summed E-state index contributed by atoms with van der Waals surface area (Å²) in [5, 5.41) is 8.03. The van der Waals surface area contributed by atoms with Crippen molar-refractivity contribution in [1.82, 2.24) is 29.1 Å². The van der Waals surface area contributed by atoms with Gasteiger partial charge in [0.2, 0.25) is 5.95 Å². The largest absolute Gasteiger partial charge is 0.306 e. The molecule has 0 aliphatic rings. The summed E-state index contributed by atoms with van der Waals surface area (Å²) in [6.07, 6.45) is 0. The van der Waals surface area contributed by atoms with Gasteiger partial charge in [-0.05, 0) is 46.2 Å². The van der Waals surface area contributed by atoms with Crippen LogP contribution in [0.2, 0.25) is 0 Å². The highest BCUT2D eigenvalue weighted by Crippen LogP contribution is 2.44. The van der Waals surface area contributed by atoms with Crippen LogP contribution >= 0.6 is 11.3 Å². The van der Waals surface area contributed by atoms with E-state index in [0.29, 0.717) is 17.6 Å². The molecule has 9 aromatic carbocycles. The van der Waals surface area contributed by atoms with Gasteiger partial charge in [0, 0.05) is 38.2 Å². The SMILES string of the molecule is c1ccc(-c2nc(-c3ccccc3)nc(-n3c4ccccc4c4ccc5c6ccccc6n(-c6cccc7nc(-c8ccc(-c9cccc%10ccccc9%10)cc8)sc67)c5c43)n2)cc1. The molecule has 13 aromatic rings. The molecule has 13 rings (SSSR count). The Hall–Kier alpha value is -8.26. The zero-order chi connectivity index (χ0) is 41.4. The molecule has 0 bridgehead atoms. The Kier molecular flexibility index (Phi) is 7.98. The van der Waals surface area contributed by atoms with Gasteiger partial charge in [-0.1, -0.05) is 182 Å². The first-order valence-electron chi connectivity index (χ1n) is 21.1. The van der Waals surface area contributed by atoms with Crippen LogP contribution < -0.4 is 0 Å². The van der Waals surface area contributed by atoms with Crippen LogP contribution in [0.4, 0.5) is 0 Å². The Morgan fingerprint density at radius 2 is 0.889 bits per heavy atom. The van der Waals surface area contributed by atoms with Gasteiger partial charge in [0.05, 0.1) is 38.0 Å². The molecule has 0 atom stereocenters. The molecule has 294 valence electrons. The molecule has 0 aliphatic heterocycles. The lowest BCUT2D eigenvalue weighted by Crippen LogP contribution is -2.07. The van der Waals surface area contributed by atoms with Gasteiger partial charge >= 0.3 is 0 Å². The van der Waals surface area contributed by atoms with Crippen LogP contribution in [0.3, 0.4) is 0 Å². The molecule has 0 amide bonds. The van der Waals surface area contributed by atoms with Gasteiger partial charge in [0.15, 0.2) is 11.6 Å².